The Morgan fingerprint density at radius 3 is 2.26 bits per heavy atom. The molecule has 3 nitrogen and oxygen atoms in total. The van der Waals surface area contributed by atoms with E-state index in [1.54, 1.807) is 12.4 Å². The zero-order valence-electron chi connectivity index (χ0n) is 10.7. The Bertz CT molecular complexity index is 521. The molecule has 0 radical (unpaired) electrons. The highest BCUT2D eigenvalue weighted by atomic mass is 19.1. The molecule has 1 aromatic heterocycles. The number of benzene rings is 1. The fourth-order valence-corrected chi connectivity index (χ4v) is 1.69. The summed E-state index contributed by atoms with van der Waals surface area (Å²) in [7, 11) is 0. The molecule has 1 heterocycles. The third-order valence-electron chi connectivity index (χ3n) is 2.58. The van der Waals surface area contributed by atoms with Gasteiger partial charge in [-0.3, -0.25) is 0 Å². The van der Waals surface area contributed by atoms with Crippen molar-refractivity contribution >= 4 is 0 Å². The Labute approximate surface area is 110 Å². The summed E-state index contributed by atoms with van der Waals surface area (Å²) in [6.45, 7) is 3.70. The molecule has 0 aliphatic heterocycles. The smallest absolute Gasteiger partial charge is 0.159 e. The van der Waals surface area contributed by atoms with Crippen LogP contribution in [0.1, 0.15) is 18.9 Å². The van der Waals surface area contributed by atoms with Crippen LogP contribution >= 0.6 is 0 Å². The Balaban J connectivity index is 2.13. The highest BCUT2D eigenvalue weighted by Crippen LogP contribution is 2.17. The molecule has 0 spiro atoms. The predicted octanol–water partition coefficient (Wildman–Crippen LogP) is 2.92. The van der Waals surface area contributed by atoms with E-state index >= 15 is 0 Å². The van der Waals surface area contributed by atoms with Crippen LogP contribution in [0.3, 0.4) is 0 Å². The van der Waals surface area contributed by atoms with Gasteiger partial charge in [-0.25, -0.2) is 18.7 Å². The average molecular weight is 263 g/mol. The van der Waals surface area contributed by atoms with E-state index in [4.69, 9.17) is 0 Å². The molecule has 0 saturated heterocycles. The SMILES string of the molecule is CCCNCc1cnc(-c2cc(F)cc(F)c2)nc1. The number of nitrogens with one attached hydrogen (secondary N) is 1. The summed E-state index contributed by atoms with van der Waals surface area (Å²) in [6, 6.07) is 3.26. The Hall–Kier alpha value is -1.88. The fourth-order valence-electron chi connectivity index (χ4n) is 1.69. The van der Waals surface area contributed by atoms with Crippen molar-refractivity contribution in [1.82, 2.24) is 15.3 Å². The summed E-state index contributed by atoms with van der Waals surface area (Å²) in [5.74, 6) is -0.947. The molecular formula is C14H15F2N3. The van der Waals surface area contributed by atoms with Crippen molar-refractivity contribution in [2.24, 2.45) is 0 Å². The van der Waals surface area contributed by atoms with Gasteiger partial charge in [-0.1, -0.05) is 6.92 Å². The number of hydrogen-bond acceptors (Lipinski definition) is 3. The summed E-state index contributed by atoms with van der Waals surface area (Å²) >= 11 is 0. The summed E-state index contributed by atoms with van der Waals surface area (Å²) in [5.41, 5.74) is 1.28. The minimum absolute atomic E-state index is 0.317. The van der Waals surface area contributed by atoms with Gasteiger partial charge in [0.1, 0.15) is 11.6 Å². The predicted molar refractivity (Wildman–Crippen MR) is 69.4 cm³/mol. The third-order valence-corrected chi connectivity index (χ3v) is 2.58. The lowest BCUT2D eigenvalue weighted by Crippen LogP contribution is -2.14. The van der Waals surface area contributed by atoms with Crippen molar-refractivity contribution in [1.29, 1.82) is 0 Å². The first-order valence-corrected chi connectivity index (χ1v) is 6.17. The molecule has 2 rings (SSSR count). The molecular weight excluding hydrogens is 248 g/mol. The van der Waals surface area contributed by atoms with Crippen LogP contribution in [0, 0.1) is 11.6 Å². The second kappa shape index (κ2) is 6.33. The number of hydrogen-bond donors (Lipinski definition) is 1. The monoisotopic (exact) mass is 263 g/mol. The lowest BCUT2D eigenvalue weighted by Gasteiger charge is -2.04. The van der Waals surface area contributed by atoms with E-state index in [1.807, 2.05) is 0 Å². The molecule has 0 saturated carbocycles. The number of nitrogens with zero attached hydrogens (tertiary/aromatic N) is 2. The van der Waals surface area contributed by atoms with Gasteiger partial charge >= 0.3 is 0 Å². The Kier molecular flexibility index (Phi) is 4.52. The van der Waals surface area contributed by atoms with Crippen molar-refractivity contribution in [2.75, 3.05) is 6.54 Å². The summed E-state index contributed by atoms with van der Waals surface area (Å²) in [6.07, 6.45) is 4.38. The van der Waals surface area contributed by atoms with Gasteiger partial charge in [0.25, 0.3) is 0 Å². The van der Waals surface area contributed by atoms with Crippen LogP contribution in [0.25, 0.3) is 11.4 Å². The van der Waals surface area contributed by atoms with E-state index in [-0.39, 0.29) is 0 Å². The van der Waals surface area contributed by atoms with Crippen LogP contribution in [0.4, 0.5) is 8.78 Å². The first-order chi connectivity index (χ1) is 9.19. The third kappa shape index (κ3) is 3.79. The molecule has 0 amide bonds. The Morgan fingerprint density at radius 2 is 1.68 bits per heavy atom. The van der Waals surface area contributed by atoms with Gasteiger partial charge in [-0.15, -0.1) is 0 Å². The maximum atomic E-state index is 13.1. The molecule has 100 valence electrons. The molecule has 0 aliphatic rings. The van der Waals surface area contributed by atoms with Gasteiger partial charge in [0.05, 0.1) is 0 Å². The Morgan fingerprint density at radius 1 is 1.05 bits per heavy atom. The minimum atomic E-state index is -0.632. The molecule has 5 heteroatoms. The van der Waals surface area contributed by atoms with Crippen LogP contribution in [0.2, 0.25) is 0 Å². The fraction of sp³-hybridized carbons (Fsp3) is 0.286. The second-order valence-corrected chi connectivity index (χ2v) is 4.25. The number of aromatic nitrogens is 2. The van der Waals surface area contributed by atoms with E-state index in [1.165, 1.54) is 12.1 Å². The van der Waals surface area contributed by atoms with Crippen molar-refractivity contribution in [3.8, 4) is 11.4 Å². The van der Waals surface area contributed by atoms with Crippen LogP contribution in [-0.2, 0) is 6.54 Å². The summed E-state index contributed by atoms with van der Waals surface area (Å²) in [4.78, 5) is 8.25. The highest BCUT2D eigenvalue weighted by Gasteiger charge is 2.05. The van der Waals surface area contributed by atoms with Crippen molar-refractivity contribution in [3.63, 3.8) is 0 Å². The van der Waals surface area contributed by atoms with E-state index < -0.39 is 11.6 Å². The first-order valence-electron chi connectivity index (χ1n) is 6.17. The number of rotatable bonds is 5. The minimum Gasteiger partial charge on any atom is -0.313 e. The zero-order valence-corrected chi connectivity index (χ0v) is 10.7. The normalized spacial score (nSPS) is 10.7. The standard InChI is InChI=1S/C14H15F2N3/c1-2-3-17-7-10-8-18-14(19-9-10)11-4-12(15)6-13(16)5-11/h4-6,8-9,17H,2-3,7H2,1H3. The molecule has 0 bridgehead atoms. The average Bonchev–Trinajstić information content (AvgIpc) is 2.39. The van der Waals surface area contributed by atoms with Gasteiger partial charge < -0.3 is 5.32 Å². The van der Waals surface area contributed by atoms with Gasteiger partial charge in [0.2, 0.25) is 0 Å². The van der Waals surface area contributed by atoms with E-state index in [0.717, 1.165) is 24.6 Å². The second-order valence-electron chi connectivity index (χ2n) is 4.25. The van der Waals surface area contributed by atoms with Gasteiger partial charge in [-0.2, -0.15) is 0 Å². The van der Waals surface area contributed by atoms with Crippen molar-refractivity contribution in [3.05, 3.63) is 47.8 Å². The summed E-state index contributed by atoms with van der Waals surface area (Å²) < 4.78 is 26.2. The zero-order chi connectivity index (χ0) is 13.7. The lowest BCUT2D eigenvalue weighted by molar-refractivity contribution is 0.584. The van der Waals surface area contributed by atoms with Crippen LogP contribution in [0.5, 0.6) is 0 Å². The van der Waals surface area contributed by atoms with Crippen molar-refractivity contribution < 1.29 is 8.78 Å². The van der Waals surface area contributed by atoms with Gasteiger partial charge in [0, 0.05) is 36.1 Å². The molecule has 1 N–H and O–H groups in total. The molecule has 2 aromatic rings. The van der Waals surface area contributed by atoms with E-state index in [9.17, 15) is 8.78 Å². The van der Waals surface area contributed by atoms with Crippen molar-refractivity contribution in [2.45, 2.75) is 19.9 Å². The number of halogens is 2. The molecule has 1 aromatic carbocycles. The molecule has 0 atom stereocenters. The maximum Gasteiger partial charge on any atom is 0.159 e. The van der Waals surface area contributed by atoms with Crippen LogP contribution in [0.15, 0.2) is 30.6 Å². The highest BCUT2D eigenvalue weighted by molar-refractivity contribution is 5.54. The molecule has 0 fully saturated rings. The first kappa shape index (κ1) is 13.5. The van der Waals surface area contributed by atoms with Gasteiger partial charge in [0.15, 0.2) is 5.82 Å². The largest absolute Gasteiger partial charge is 0.313 e. The van der Waals surface area contributed by atoms with E-state index in [2.05, 4.69) is 22.2 Å². The maximum absolute atomic E-state index is 13.1. The summed E-state index contributed by atoms with van der Waals surface area (Å²) in [5, 5.41) is 3.23. The van der Waals surface area contributed by atoms with Crippen LogP contribution in [-0.4, -0.2) is 16.5 Å². The van der Waals surface area contributed by atoms with E-state index in [0.29, 0.717) is 17.9 Å². The van der Waals surface area contributed by atoms with Gasteiger partial charge in [-0.05, 0) is 25.1 Å². The molecule has 0 aliphatic carbocycles. The lowest BCUT2D eigenvalue weighted by atomic mass is 10.2. The molecule has 0 unspecified atom stereocenters. The quantitative estimate of drug-likeness (QED) is 0.843. The molecule has 19 heavy (non-hydrogen) atoms. The van der Waals surface area contributed by atoms with Crippen LogP contribution < -0.4 is 5.32 Å². The topological polar surface area (TPSA) is 37.8 Å².